The van der Waals surface area contributed by atoms with Crippen molar-refractivity contribution in [1.82, 2.24) is 20.4 Å². The van der Waals surface area contributed by atoms with Crippen LogP contribution in [0.5, 0.6) is 0 Å². The van der Waals surface area contributed by atoms with Crippen LogP contribution in [0, 0.1) is 0 Å². The summed E-state index contributed by atoms with van der Waals surface area (Å²) in [6.45, 7) is 8.38. The number of aromatic nitrogens is 2. The number of carbonyl (C=O) groups excluding carboxylic acids is 1. The Hall–Kier alpha value is -1.36. The molecule has 1 saturated heterocycles. The minimum absolute atomic E-state index is 0.0215. The third kappa shape index (κ3) is 3.28. The standard InChI is InChI=1S/C16H26N4O/c1-16(2,3)20-14(11-4-5-11)10-13(19-20)15(21)18-12-6-8-17-9-7-12/h10-12,17H,4-9H2,1-3H3,(H,18,21). The zero-order valence-electron chi connectivity index (χ0n) is 13.3. The largest absolute Gasteiger partial charge is 0.348 e. The third-order valence-electron chi connectivity index (χ3n) is 4.27. The van der Waals surface area contributed by atoms with Crippen molar-refractivity contribution < 1.29 is 4.79 Å². The SMILES string of the molecule is CC(C)(C)n1nc(C(=O)NC2CCNCC2)cc1C1CC1. The molecule has 0 bridgehead atoms. The third-order valence-corrected chi connectivity index (χ3v) is 4.27. The van der Waals surface area contributed by atoms with Crippen molar-refractivity contribution in [2.24, 2.45) is 0 Å². The lowest BCUT2D eigenvalue weighted by atomic mass is 10.1. The van der Waals surface area contributed by atoms with E-state index in [-0.39, 0.29) is 17.5 Å². The summed E-state index contributed by atoms with van der Waals surface area (Å²) in [5.74, 6) is 0.573. The van der Waals surface area contributed by atoms with E-state index in [1.54, 1.807) is 0 Å². The Bertz CT molecular complexity index is 519. The number of amides is 1. The smallest absolute Gasteiger partial charge is 0.272 e. The fourth-order valence-corrected chi connectivity index (χ4v) is 2.94. The molecular formula is C16H26N4O. The number of rotatable bonds is 3. The van der Waals surface area contributed by atoms with Gasteiger partial charge in [-0.2, -0.15) is 5.10 Å². The lowest BCUT2D eigenvalue weighted by Gasteiger charge is -2.23. The zero-order chi connectivity index (χ0) is 15.0. The van der Waals surface area contributed by atoms with E-state index < -0.39 is 0 Å². The Labute approximate surface area is 126 Å². The summed E-state index contributed by atoms with van der Waals surface area (Å²) >= 11 is 0. The minimum atomic E-state index is -0.0782. The van der Waals surface area contributed by atoms with Crippen LogP contribution < -0.4 is 10.6 Å². The Morgan fingerprint density at radius 1 is 1.29 bits per heavy atom. The van der Waals surface area contributed by atoms with E-state index in [9.17, 15) is 4.79 Å². The molecule has 1 aliphatic carbocycles. The number of hydrogen-bond donors (Lipinski definition) is 2. The van der Waals surface area contributed by atoms with Gasteiger partial charge in [-0.05, 0) is 65.6 Å². The molecule has 0 unspecified atom stereocenters. The van der Waals surface area contributed by atoms with Gasteiger partial charge < -0.3 is 10.6 Å². The van der Waals surface area contributed by atoms with E-state index in [4.69, 9.17) is 0 Å². The van der Waals surface area contributed by atoms with Crippen molar-refractivity contribution in [2.45, 2.75) is 64.0 Å². The van der Waals surface area contributed by atoms with Gasteiger partial charge in [0.2, 0.25) is 0 Å². The van der Waals surface area contributed by atoms with Gasteiger partial charge in [-0.15, -0.1) is 0 Å². The van der Waals surface area contributed by atoms with Crippen molar-refractivity contribution in [1.29, 1.82) is 0 Å². The number of hydrogen-bond acceptors (Lipinski definition) is 3. The molecule has 2 heterocycles. The van der Waals surface area contributed by atoms with Gasteiger partial charge in [0.05, 0.1) is 5.54 Å². The van der Waals surface area contributed by atoms with Crippen molar-refractivity contribution >= 4 is 5.91 Å². The molecule has 1 aliphatic heterocycles. The molecule has 0 atom stereocenters. The average Bonchev–Trinajstić information content (AvgIpc) is 3.16. The van der Waals surface area contributed by atoms with Crippen molar-refractivity contribution in [3.63, 3.8) is 0 Å². The number of carbonyl (C=O) groups is 1. The molecule has 1 amide bonds. The minimum Gasteiger partial charge on any atom is -0.348 e. The summed E-state index contributed by atoms with van der Waals surface area (Å²) in [5.41, 5.74) is 1.72. The predicted octanol–water partition coefficient (Wildman–Crippen LogP) is 2.00. The number of piperidine rings is 1. The van der Waals surface area contributed by atoms with Crippen LogP contribution in [-0.4, -0.2) is 34.8 Å². The number of nitrogens with one attached hydrogen (secondary N) is 2. The van der Waals surface area contributed by atoms with Gasteiger partial charge in [-0.1, -0.05) is 0 Å². The maximum absolute atomic E-state index is 12.4. The van der Waals surface area contributed by atoms with Gasteiger partial charge >= 0.3 is 0 Å². The molecule has 1 saturated carbocycles. The predicted molar refractivity (Wildman–Crippen MR) is 82.6 cm³/mol. The first-order valence-electron chi connectivity index (χ1n) is 8.07. The summed E-state index contributed by atoms with van der Waals surface area (Å²) in [6, 6.07) is 2.28. The number of nitrogens with zero attached hydrogens (tertiary/aromatic N) is 2. The lowest BCUT2D eigenvalue weighted by Crippen LogP contribution is -2.42. The molecule has 1 aromatic heterocycles. The molecule has 0 aromatic carbocycles. The fourth-order valence-electron chi connectivity index (χ4n) is 2.94. The van der Waals surface area contributed by atoms with Crippen LogP contribution in [0.2, 0.25) is 0 Å². The van der Waals surface area contributed by atoms with Gasteiger partial charge in [0, 0.05) is 17.7 Å². The normalized spacial score (nSPS) is 20.5. The molecule has 1 aromatic rings. The first-order chi connectivity index (χ1) is 9.95. The summed E-state index contributed by atoms with van der Waals surface area (Å²) in [5, 5.41) is 11.0. The van der Waals surface area contributed by atoms with E-state index in [1.807, 2.05) is 10.7 Å². The molecule has 2 N–H and O–H groups in total. The van der Waals surface area contributed by atoms with Crippen molar-refractivity contribution in [3.05, 3.63) is 17.5 Å². The van der Waals surface area contributed by atoms with E-state index in [2.05, 4.69) is 36.5 Å². The summed E-state index contributed by atoms with van der Waals surface area (Å²) in [6.07, 6.45) is 4.44. The van der Waals surface area contributed by atoms with Crippen LogP contribution in [0.1, 0.15) is 68.6 Å². The molecule has 2 fully saturated rings. The average molecular weight is 290 g/mol. The van der Waals surface area contributed by atoms with Gasteiger partial charge in [0.15, 0.2) is 0 Å². The second kappa shape index (κ2) is 5.44. The highest BCUT2D eigenvalue weighted by molar-refractivity contribution is 5.92. The first kappa shape index (κ1) is 14.6. The molecule has 2 aliphatic rings. The van der Waals surface area contributed by atoms with Gasteiger partial charge in [0.1, 0.15) is 5.69 Å². The first-order valence-corrected chi connectivity index (χ1v) is 8.07. The molecular weight excluding hydrogens is 264 g/mol. The maximum atomic E-state index is 12.4. The molecule has 0 radical (unpaired) electrons. The van der Waals surface area contributed by atoms with Crippen molar-refractivity contribution in [2.75, 3.05) is 13.1 Å². The van der Waals surface area contributed by atoms with Crippen LogP contribution in [0.25, 0.3) is 0 Å². The molecule has 0 spiro atoms. The van der Waals surface area contributed by atoms with Crippen LogP contribution >= 0.6 is 0 Å². The molecule has 21 heavy (non-hydrogen) atoms. The van der Waals surface area contributed by atoms with E-state index in [0.717, 1.165) is 25.9 Å². The Kier molecular flexibility index (Phi) is 3.78. The van der Waals surface area contributed by atoms with Crippen molar-refractivity contribution in [3.8, 4) is 0 Å². The monoisotopic (exact) mass is 290 g/mol. The van der Waals surface area contributed by atoms with E-state index in [1.165, 1.54) is 18.5 Å². The Balaban J connectivity index is 1.76. The highest BCUT2D eigenvalue weighted by Crippen LogP contribution is 2.41. The highest BCUT2D eigenvalue weighted by Gasteiger charge is 2.32. The molecule has 5 nitrogen and oxygen atoms in total. The topological polar surface area (TPSA) is 59.0 Å². The molecule has 116 valence electrons. The van der Waals surface area contributed by atoms with Crippen LogP contribution in [0.4, 0.5) is 0 Å². The summed E-state index contributed by atoms with van der Waals surface area (Å²) in [4.78, 5) is 12.4. The zero-order valence-corrected chi connectivity index (χ0v) is 13.3. The van der Waals surface area contributed by atoms with Gasteiger partial charge in [-0.25, -0.2) is 0 Å². The van der Waals surface area contributed by atoms with E-state index in [0.29, 0.717) is 11.6 Å². The quantitative estimate of drug-likeness (QED) is 0.895. The lowest BCUT2D eigenvalue weighted by molar-refractivity contribution is 0.0923. The Morgan fingerprint density at radius 2 is 1.95 bits per heavy atom. The van der Waals surface area contributed by atoms with E-state index >= 15 is 0 Å². The van der Waals surface area contributed by atoms with Crippen LogP contribution in [0.15, 0.2) is 6.07 Å². The Morgan fingerprint density at radius 3 is 2.52 bits per heavy atom. The summed E-state index contributed by atoms with van der Waals surface area (Å²) < 4.78 is 2.04. The highest BCUT2D eigenvalue weighted by atomic mass is 16.2. The fraction of sp³-hybridized carbons (Fsp3) is 0.750. The molecule has 5 heteroatoms. The maximum Gasteiger partial charge on any atom is 0.272 e. The second-order valence-corrected chi connectivity index (χ2v) is 7.31. The van der Waals surface area contributed by atoms with Crippen LogP contribution in [0.3, 0.4) is 0 Å². The summed E-state index contributed by atoms with van der Waals surface area (Å²) in [7, 11) is 0. The van der Waals surface area contributed by atoms with Gasteiger partial charge in [0.25, 0.3) is 5.91 Å². The van der Waals surface area contributed by atoms with Crippen LogP contribution in [-0.2, 0) is 5.54 Å². The second-order valence-electron chi connectivity index (χ2n) is 7.31. The molecule has 3 rings (SSSR count). The van der Waals surface area contributed by atoms with Gasteiger partial charge in [-0.3, -0.25) is 9.48 Å².